The second-order valence-electron chi connectivity index (χ2n) is 7.58. The molecule has 1 aromatic carbocycles. The van der Waals surface area contributed by atoms with Gasteiger partial charge in [-0.2, -0.15) is 0 Å². The molecule has 2 amide bonds. The molecular formula is C20H26N2O4. The number of benzene rings is 1. The monoisotopic (exact) mass is 358 g/mol. The van der Waals surface area contributed by atoms with Gasteiger partial charge in [0.05, 0.1) is 23.9 Å². The van der Waals surface area contributed by atoms with E-state index in [2.05, 4.69) is 5.32 Å². The van der Waals surface area contributed by atoms with Crippen LogP contribution in [0, 0.1) is 5.92 Å². The lowest BCUT2D eigenvalue weighted by molar-refractivity contribution is -0.139. The van der Waals surface area contributed by atoms with Gasteiger partial charge >= 0.3 is 5.97 Å². The minimum Gasteiger partial charge on any atom is -0.481 e. The van der Waals surface area contributed by atoms with Crippen LogP contribution in [0.3, 0.4) is 0 Å². The number of nitrogens with zero attached hydrogens (tertiary/aromatic N) is 1. The maximum Gasteiger partial charge on any atom is 0.305 e. The standard InChI is InChI=1S/C20H26N2O4/c1-14(15-7-3-2-4-8-15)22-13-16(11-17(22)23)19(26)21-20(12-18(24)25)9-5-6-10-20/h2-4,7-8,14,16H,5-6,9-13H2,1H3,(H,21,26)(H,24,25). The molecule has 1 saturated heterocycles. The van der Waals surface area contributed by atoms with E-state index >= 15 is 0 Å². The number of carboxylic acid groups (broad SMARTS) is 1. The van der Waals surface area contributed by atoms with Crippen molar-refractivity contribution in [2.75, 3.05) is 6.54 Å². The smallest absolute Gasteiger partial charge is 0.305 e. The normalized spacial score (nSPS) is 23.0. The van der Waals surface area contributed by atoms with Crippen molar-refractivity contribution in [3.05, 3.63) is 35.9 Å². The van der Waals surface area contributed by atoms with E-state index < -0.39 is 17.4 Å². The van der Waals surface area contributed by atoms with E-state index in [-0.39, 0.29) is 30.7 Å². The first-order valence-corrected chi connectivity index (χ1v) is 9.28. The second kappa shape index (κ2) is 7.48. The van der Waals surface area contributed by atoms with E-state index in [9.17, 15) is 19.5 Å². The Balaban J connectivity index is 1.66. The van der Waals surface area contributed by atoms with Gasteiger partial charge in [0, 0.05) is 13.0 Å². The van der Waals surface area contributed by atoms with Crippen LogP contribution in [0.25, 0.3) is 0 Å². The first-order valence-electron chi connectivity index (χ1n) is 9.28. The summed E-state index contributed by atoms with van der Waals surface area (Å²) in [5.41, 5.74) is 0.393. The Morgan fingerprint density at radius 1 is 1.27 bits per heavy atom. The summed E-state index contributed by atoms with van der Waals surface area (Å²) in [6.07, 6.45) is 3.37. The quantitative estimate of drug-likeness (QED) is 0.818. The summed E-state index contributed by atoms with van der Waals surface area (Å²) in [6, 6.07) is 9.68. The molecule has 1 saturated carbocycles. The molecule has 0 aromatic heterocycles. The number of rotatable bonds is 6. The summed E-state index contributed by atoms with van der Waals surface area (Å²) in [6.45, 7) is 2.35. The van der Waals surface area contributed by atoms with Gasteiger partial charge in [-0.15, -0.1) is 0 Å². The van der Waals surface area contributed by atoms with Crippen LogP contribution < -0.4 is 5.32 Å². The van der Waals surface area contributed by atoms with Crippen molar-refractivity contribution in [3.63, 3.8) is 0 Å². The Kier molecular flexibility index (Phi) is 5.30. The van der Waals surface area contributed by atoms with Gasteiger partial charge in [0.15, 0.2) is 0 Å². The molecule has 1 aromatic rings. The van der Waals surface area contributed by atoms with Crippen molar-refractivity contribution in [2.45, 2.75) is 57.0 Å². The highest BCUT2D eigenvalue weighted by molar-refractivity contribution is 5.90. The molecule has 0 bridgehead atoms. The number of carbonyl (C=O) groups excluding carboxylic acids is 2. The Bertz CT molecular complexity index is 682. The van der Waals surface area contributed by atoms with E-state index in [0.717, 1.165) is 18.4 Å². The largest absolute Gasteiger partial charge is 0.481 e. The predicted octanol–water partition coefficient (Wildman–Crippen LogP) is 2.50. The van der Waals surface area contributed by atoms with Gasteiger partial charge in [-0.1, -0.05) is 43.2 Å². The van der Waals surface area contributed by atoms with Gasteiger partial charge in [0.25, 0.3) is 0 Å². The number of amides is 2. The third kappa shape index (κ3) is 3.89. The fourth-order valence-electron chi connectivity index (χ4n) is 4.24. The second-order valence-corrected chi connectivity index (χ2v) is 7.58. The first-order chi connectivity index (χ1) is 12.4. The van der Waals surface area contributed by atoms with Gasteiger partial charge in [0.2, 0.25) is 11.8 Å². The Hall–Kier alpha value is -2.37. The van der Waals surface area contributed by atoms with Gasteiger partial charge in [-0.05, 0) is 25.3 Å². The van der Waals surface area contributed by atoms with Crippen LogP contribution in [-0.4, -0.2) is 39.9 Å². The van der Waals surface area contributed by atoms with Crippen molar-refractivity contribution in [1.82, 2.24) is 10.2 Å². The van der Waals surface area contributed by atoms with Crippen molar-refractivity contribution in [3.8, 4) is 0 Å². The molecule has 6 heteroatoms. The highest BCUT2D eigenvalue weighted by Crippen LogP contribution is 2.34. The lowest BCUT2D eigenvalue weighted by Crippen LogP contribution is -2.50. The van der Waals surface area contributed by atoms with Gasteiger partial charge in [0.1, 0.15) is 0 Å². The maximum atomic E-state index is 12.8. The van der Waals surface area contributed by atoms with E-state index in [1.54, 1.807) is 4.90 Å². The Labute approximate surface area is 153 Å². The molecule has 0 radical (unpaired) electrons. The average molecular weight is 358 g/mol. The lowest BCUT2D eigenvalue weighted by Gasteiger charge is -2.30. The molecule has 2 N–H and O–H groups in total. The topological polar surface area (TPSA) is 86.7 Å². The molecular weight excluding hydrogens is 332 g/mol. The molecule has 2 unspecified atom stereocenters. The number of nitrogens with one attached hydrogen (secondary N) is 1. The zero-order valence-electron chi connectivity index (χ0n) is 15.1. The van der Waals surface area contributed by atoms with Crippen LogP contribution in [0.4, 0.5) is 0 Å². The number of carboxylic acids is 1. The maximum absolute atomic E-state index is 12.8. The summed E-state index contributed by atoms with van der Waals surface area (Å²) < 4.78 is 0. The van der Waals surface area contributed by atoms with Crippen molar-refractivity contribution in [1.29, 1.82) is 0 Å². The van der Waals surface area contributed by atoms with Gasteiger partial charge < -0.3 is 15.3 Å². The lowest BCUT2D eigenvalue weighted by atomic mass is 9.92. The van der Waals surface area contributed by atoms with E-state index in [4.69, 9.17) is 0 Å². The SMILES string of the molecule is CC(c1ccccc1)N1CC(C(=O)NC2(CC(=O)O)CCCC2)CC1=O. The minimum absolute atomic E-state index is 0.0276. The van der Waals surface area contributed by atoms with Crippen LogP contribution >= 0.6 is 0 Å². The van der Waals surface area contributed by atoms with E-state index in [1.165, 1.54) is 0 Å². The van der Waals surface area contributed by atoms with E-state index in [1.807, 2.05) is 37.3 Å². The fourth-order valence-corrected chi connectivity index (χ4v) is 4.24. The van der Waals surface area contributed by atoms with Crippen molar-refractivity contribution < 1.29 is 19.5 Å². The Morgan fingerprint density at radius 2 is 1.92 bits per heavy atom. The zero-order valence-corrected chi connectivity index (χ0v) is 15.1. The molecule has 0 spiro atoms. The average Bonchev–Trinajstić information content (AvgIpc) is 3.21. The summed E-state index contributed by atoms with van der Waals surface area (Å²) in [4.78, 5) is 38.2. The summed E-state index contributed by atoms with van der Waals surface area (Å²) in [7, 11) is 0. The molecule has 6 nitrogen and oxygen atoms in total. The number of likely N-dealkylation sites (tertiary alicyclic amines) is 1. The highest BCUT2D eigenvalue weighted by Gasteiger charge is 2.42. The fraction of sp³-hybridized carbons (Fsp3) is 0.550. The molecule has 3 rings (SSSR count). The number of hydrogen-bond acceptors (Lipinski definition) is 3. The molecule has 1 heterocycles. The van der Waals surface area contributed by atoms with Crippen LogP contribution in [0.1, 0.15) is 57.1 Å². The van der Waals surface area contributed by atoms with Crippen LogP contribution in [0.5, 0.6) is 0 Å². The molecule has 1 aliphatic heterocycles. The molecule has 1 aliphatic carbocycles. The van der Waals surface area contributed by atoms with Gasteiger partial charge in [-0.25, -0.2) is 0 Å². The highest BCUT2D eigenvalue weighted by atomic mass is 16.4. The van der Waals surface area contributed by atoms with Crippen molar-refractivity contribution >= 4 is 17.8 Å². The molecule has 2 fully saturated rings. The molecule has 140 valence electrons. The van der Waals surface area contributed by atoms with E-state index in [0.29, 0.717) is 19.4 Å². The first kappa shape index (κ1) is 18.4. The third-order valence-corrected chi connectivity index (χ3v) is 5.72. The van der Waals surface area contributed by atoms with Crippen LogP contribution in [0.15, 0.2) is 30.3 Å². The predicted molar refractivity (Wildman–Crippen MR) is 96.3 cm³/mol. The Morgan fingerprint density at radius 3 is 2.54 bits per heavy atom. The summed E-state index contributed by atoms with van der Waals surface area (Å²) in [5.74, 6) is -1.53. The number of carbonyl (C=O) groups is 3. The molecule has 2 atom stereocenters. The van der Waals surface area contributed by atoms with Gasteiger partial charge in [-0.3, -0.25) is 14.4 Å². The molecule has 2 aliphatic rings. The van der Waals surface area contributed by atoms with Crippen LogP contribution in [0.2, 0.25) is 0 Å². The minimum atomic E-state index is -0.894. The third-order valence-electron chi connectivity index (χ3n) is 5.72. The summed E-state index contributed by atoms with van der Waals surface area (Å²) in [5, 5.41) is 12.2. The summed E-state index contributed by atoms with van der Waals surface area (Å²) >= 11 is 0. The van der Waals surface area contributed by atoms with Crippen molar-refractivity contribution in [2.24, 2.45) is 5.92 Å². The zero-order chi connectivity index (χ0) is 18.7. The van der Waals surface area contributed by atoms with Crippen LogP contribution in [-0.2, 0) is 14.4 Å². The molecule has 26 heavy (non-hydrogen) atoms. The number of hydrogen-bond donors (Lipinski definition) is 2. The number of aliphatic carboxylic acids is 1.